The quantitative estimate of drug-likeness (QED) is 0.0233. The predicted octanol–water partition coefficient (Wildman–Crippen LogP) is 11.2. The number of hydrogen-bond donors (Lipinski definition) is 3. The molecular weight excluding hydrogens is 733 g/mol. The summed E-state index contributed by atoms with van der Waals surface area (Å²) in [4.78, 5) is 45.9. The molecule has 0 aromatic rings. The number of phosphoric acid groups is 1. The maximum absolute atomic E-state index is 12.6. The highest BCUT2D eigenvalue weighted by Gasteiger charge is 2.28. The molecule has 0 saturated heterocycles. The van der Waals surface area contributed by atoms with E-state index >= 15 is 0 Å². The average Bonchev–Trinajstić information content (AvgIpc) is 3.17. The summed E-state index contributed by atoms with van der Waals surface area (Å²) in [6.45, 7) is 2.70. The van der Waals surface area contributed by atoms with Crippen molar-refractivity contribution in [2.24, 2.45) is 5.73 Å². The van der Waals surface area contributed by atoms with Crippen LogP contribution in [0.4, 0.5) is 0 Å². The Morgan fingerprint density at radius 3 is 1.41 bits per heavy atom. The van der Waals surface area contributed by atoms with Gasteiger partial charge >= 0.3 is 25.7 Å². The number of carbonyl (C=O) groups is 3. The van der Waals surface area contributed by atoms with Crippen molar-refractivity contribution in [2.45, 2.75) is 180 Å². The predicted molar refractivity (Wildman–Crippen MR) is 226 cm³/mol. The number of rotatable bonds is 39. The van der Waals surface area contributed by atoms with Crippen molar-refractivity contribution in [3.63, 3.8) is 0 Å². The molecule has 0 radical (unpaired) electrons. The van der Waals surface area contributed by atoms with Gasteiger partial charge in [-0.15, -0.1) is 0 Å². The Kier molecular flexibility index (Phi) is 37.1. The van der Waals surface area contributed by atoms with E-state index in [1.165, 1.54) is 38.5 Å². The minimum absolute atomic E-state index is 0.137. The van der Waals surface area contributed by atoms with Gasteiger partial charge in [-0.2, -0.15) is 0 Å². The van der Waals surface area contributed by atoms with Crippen LogP contribution in [0.15, 0.2) is 60.8 Å². The lowest BCUT2D eigenvalue weighted by Gasteiger charge is -2.20. The number of esters is 2. The van der Waals surface area contributed by atoms with Crippen molar-refractivity contribution < 1.29 is 47.5 Å². The van der Waals surface area contributed by atoms with E-state index in [1.54, 1.807) is 0 Å². The number of ether oxygens (including phenoxy) is 2. The Morgan fingerprint density at radius 1 is 0.554 bits per heavy atom. The maximum Gasteiger partial charge on any atom is 0.472 e. The van der Waals surface area contributed by atoms with Gasteiger partial charge in [-0.3, -0.25) is 23.4 Å². The third-order valence-electron chi connectivity index (χ3n) is 8.74. The second-order valence-corrected chi connectivity index (χ2v) is 15.6. The zero-order chi connectivity index (χ0) is 41.4. The fourth-order valence-corrected chi connectivity index (χ4v) is 6.11. The number of unbranched alkanes of at least 4 members (excludes halogenated alkanes) is 15. The van der Waals surface area contributed by atoms with Crippen LogP contribution in [0.5, 0.6) is 0 Å². The molecule has 0 spiro atoms. The molecular formula is C44H76NO10P. The van der Waals surface area contributed by atoms with Crippen molar-refractivity contribution in [3.8, 4) is 0 Å². The lowest BCUT2D eigenvalue weighted by Crippen LogP contribution is -2.34. The highest BCUT2D eigenvalue weighted by Crippen LogP contribution is 2.43. The molecule has 0 heterocycles. The van der Waals surface area contributed by atoms with Gasteiger partial charge in [0.05, 0.1) is 13.2 Å². The minimum atomic E-state index is -4.73. The first-order valence-corrected chi connectivity index (χ1v) is 22.8. The Hall–Kier alpha value is -2.82. The molecule has 4 N–H and O–H groups in total. The molecule has 11 nitrogen and oxygen atoms in total. The average molecular weight is 810 g/mol. The van der Waals surface area contributed by atoms with Crippen LogP contribution in [-0.4, -0.2) is 59.9 Å². The highest BCUT2D eigenvalue weighted by molar-refractivity contribution is 7.47. The van der Waals surface area contributed by atoms with E-state index in [-0.39, 0.29) is 19.4 Å². The molecule has 0 aliphatic heterocycles. The van der Waals surface area contributed by atoms with E-state index < -0.39 is 51.1 Å². The number of aliphatic carboxylic acids is 1. The summed E-state index contributed by atoms with van der Waals surface area (Å²) in [7, 11) is -4.73. The number of allylic oxidation sites excluding steroid dienone is 10. The van der Waals surface area contributed by atoms with Gasteiger partial charge < -0.3 is 25.2 Å². The zero-order valence-electron chi connectivity index (χ0n) is 34.7. The first-order valence-electron chi connectivity index (χ1n) is 21.3. The van der Waals surface area contributed by atoms with Crippen molar-refractivity contribution in [1.29, 1.82) is 0 Å². The molecule has 0 aromatic carbocycles. The van der Waals surface area contributed by atoms with E-state index in [4.69, 9.17) is 24.8 Å². The lowest BCUT2D eigenvalue weighted by molar-refractivity contribution is -0.161. The molecule has 0 rings (SSSR count). The second kappa shape index (κ2) is 39.0. The van der Waals surface area contributed by atoms with Crippen molar-refractivity contribution in [1.82, 2.24) is 0 Å². The first kappa shape index (κ1) is 53.2. The van der Waals surface area contributed by atoms with Crippen LogP contribution in [0.3, 0.4) is 0 Å². The zero-order valence-corrected chi connectivity index (χ0v) is 35.6. The number of phosphoric ester groups is 1. The number of hydrogen-bond acceptors (Lipinski definition) is 9. The van der Waals surface area contributed by atoms with Crippen LogP contribution in [0.1, 0.15) is 168 Å². The summed E-state index contributed by atoms with van der Waals surface area (Å²) >= 11 is 0. The normalized spacial score (nSPS) is 14.4. The van der Waals surface area contributed by atoms with E-state index in [2.05, 4.69) is 79.1 Å². The molecule has 322 valence electrons. The van der Waals surface area contributed by atoms with Gasteiger partial charge in [-0.05, 0) is 83.5 Å². The Bertz CT molecular complexity index is 1180. The van der Waals surface area contributed by atoms with Crippen molar-refractivity contribution in [3.05, 3.63) is 60.8 Å². The highest BCUT2D eigenvalue weighted by atomic mass is 31.2. The van der Waals surface area contributed by atoms with Crippen LogP contribution < -0.4 is 5.73 Å². The number of carboxylic acids is 1. The third kappa shape index (κ3) is 38.1. The monoisotopic (exact) mass is 810 g/mol. The molecule has 0 aromatic heterocycles. The van der Waals surface area contributed by atoms with Crippen molar-refractivity contribution in [2.75, 3.05) is 19.8 Å². The smallest absolute Gasteiger partial charge is 0.472 e. The van der Waals surface area contributed by atoms with E-state index in [1.807, 2.05) is 0 Å². The van der Waals surface area contributed by atoms with Gasteiger partial charge in [0.1, 0.15) is 12.6 Å². The molecule has 1 unspecified atom stereocenters. The lowest BCUT2D eigenvalue weighted by atomic mass is 10.1. The van der Waals surface area contributed by atoms with Crippen LogP contribution in [0.2, 0.25) is 0 Å². The molecule has 0 fully saturated rings. The van der Waals surface area contributed by atoms with E-state index in [9.17, 15) is 23.8 Å². The van der Waals surface area contributed by atoms with Gasteiger partial charge in [-0.1, -0.05) is 132 Å². The van der Waals surface area contributed by atoms with E-state index in [0.29, 0.717) is 12.8 Å². The minimum Gasteiger partial charge on any atom is -0.480 e. The maximum atomic E-state index is 12.6. The summed E-state index contributed by atoms with van der Waals surface area (Å²) in [5.41, 5.74) is 5.33. The summed E-state index contributed by atoms with van der Waals surface area (Å²) in [5, 5.41) is 8.88. The summed E-state index contributed by atoms with van der Waals surface area (Å²) in [6, 6.07) is -1.53. The molecule has 0 bridgehead atoms. The number of carbonyl (C=O) groups excluding carboxylic acids is 2. The molecule has 0 saturated carbocycles. The molecule has 0 aliphatic rings. The topological polar surface area (TPSA) is 172 Å². The Labute approximate surface area is 338 Å². The fourth-order valence-electron chi connectivity index (χ4n) is 5.34. The molecule has 0 amide bonds. The van der Waals surface area contributed by atoms with E-state index in [0.717, 1.165) is 89.9 Å². The summed E-state index contributed by atoms with van der Waals surface area (Å²) in [6.07, 6.45) is 44.2. The van der Waals surface area contributed by atoms with Gasteiger partial charge in [0.15, 0.2) is 6.10 Å². The SMILES string of the molecule is CCCCCC=CCC=CCC=CCCCCCCC(=O)OC[C@H](COP(=O)(O)OC[C@H](N)C(=O)O)OC(=O)CCCCCCCC=CCC=CCCCCC. The molecule has 56 heavy (non-hydrogen) atoms. The van der Waals surface area contributed by atoms with Gasteiger partial charge in [0.2, 0.25) is 0 Å². The Balaban J connectivity index is 4.45. The first-order chi connectivity index (χ1) is 27.1. The van der Waals surface area contributed by atoms with Gasteiger partial charge in [0.25, 0.3) is 0 Å². The molecule has 3 atom stereocenters. The third-order valence-corrected chi connectivity index (χ3v) is 9.69. The van der Waals surface area contributed by atoms with Crippen LogP contribution in [-0.2, 0) is 37.5 Å². The standard InChI is InChI=1S/C44H76NO10P/c1-3-5-7-9-11-13-15-17-19-20-22-23-25-27-29-31-33-35-42(46)52-37-40(38-53-56(50,51)54-39-41(45)44(48)49)55-43(47)36-34-32-30-28-26-24-21-18-16-14-12-10-8-6-4-2/h11-14,17-19,21-23,40-41H,3-10,15-16,20,24-39,45H2,1-2H3,(H,48,49)(H,50,51)/t40-,41+/m1/s1. The van der Waals surface area contributed by atoms with Crippen molar-refractivity contribution >= 4 is 25.7 Å². The largest absolute Gasteiger partial charge is 0.480 e. The summed E-state index contributed by atoms with van der Waals surface area (Å²) < 4.78 is 32.6. The molecule has 0 aliphatic carbocycles. The summed E-state index contributed by atoms with van der Waals surface area (Å²) in [5.74, 6) is -2.43. The van der Waals surface area contributed by atoms with Crippen LogP contribution in [0, 0.1) is 0 Å². The Morgan fingerprint density at radius 2 is 0.946 bits per heavy atom. The fraction of sp³-hybridized carbons (Fsp3) is 0.705. The van der Waals surface area contributed by atoms with Gasteiger partial charge in [-0.25, -0.2) is 4.57 Å². The van der Waals surface area contributed by atoms with Gasteiger partial charge in [0, 0.05) is 12.8 Å². The second-order valence-electron chi connectivity index (χ2n) is 14.1. The van der Waals surface area contributed by atoms with Crippen LogP contribution >= 0.6 is 7.82 Å². The number of nitrogens with two attached hydrogens (primary N) is 1. The number of carboxylic acid groups (broad SMARTS) is 1. The van der Waals surface area contributed by atoms with Crippen LogP contribution in [0.25, 0.3) is 0 Å². The molecule has 12 heteroatoms.